The average Bonchev–Trinajstić information content (AvgIpc) is 2.97. The van der Waals surface area contributed by atoms with Gasteiger partial charge in [0, 0.05) is 30.8 Å². The van der Waals surface area contributed by atoms with E-state index in [-0.39, 0.29) is 0 Å². The largest absolute Gasteiger partial charge is 0.490 e. The molecule has 0 radical (unpaired) electrons. The van der Waals surface area contributed by atoms with Crippen LogP contribution in [-0.4, -0.2) is 30.9 Å². The molecule has 0 aliphatic carbocycles. The second kappa shape index (κ2) is 7.53. The van der Waals surface area contributed by atoms with Crippen LogP contribution in [0.5, 0.6) is 11.5 Å². The fourth-order valence-electron chi connectivity index (χ4n) is 2.16. The fraction of sp³-hybridized carbons (Fsp3) is 0.375. The van der Waals surface area contributed by atoms with E-state index in [0.717, 1.165) is 35.8 Å². The first-order chi connectivity index (χ1) is 11.3. The molecule has 0 fully saturated rings. The quantitative estimate of drug-likeness (QED) is 0.666. The molecule has 3 rings (SSSR count). The van der Waals surface area contributed by atoms with Gasteiger partial charge in [-0.3, -0.25) is 0 Å². The maximum absolute atomic E-state index is 5.70. The van der Waals surface area contributed by atoms with Crippen LogP contribution in [0.4, 0.5) is 5.69 Å². The first-order valence-corrected chi connectivity index (χ1v) is 7.69. The van der Waals surface area contributed by atoms with Gasteiger partial charge in [-0.25, -0.2) is 4.99 Å². The molecule has 0 amide bonds. The zero-order chi connectivity index (χ0) is 15.9. The summed E-state index contributed by atoms with van der Waals surface area (Å²) < 4.78 is 16.1. The number of aliphatic imine (C=N–C) groups is 1. The number of hydrogen-bond donors (Lipinski definition) is 2. The van der Waals surface area contributed by atoms with Gasteiger partial charge in [0.15, 0.2) is 17.5 Å². The molecule has 1 aromatic heterocycles. The van der Waals surface area contributed by atoms with E-state index in [1.54, 1.807) is 6.07 Å². The predicted octanol–water partition coefficient (Wildman–Crippen LogP) is 2.41. The number of fused-ring (bicyclic) bond motifs is 1. The van der Waals surface area contributed by atoms with Crippen LogP contribution in [0.15, 0.2) is 40.0 Å². The van der Waals surface area contributed by atoms with Gasteiger partial charge in [0.2, 0.25) is 0 Å². The Bertz CT molecular complexity index is 655. The standard InChI is InChI=1S/C16H20N4O3/c1-2-17-16(18-11-13-6-9-23-20-13)19-12-4-5-14-15(10-12)22-8-3-7-21-14/h4-6,9-10H,2-3,7-8,11H2,1H3,(H2,17,18,19). The summed E-state index contributed by atoms with van der Waals surface area (Å²) in [4.78, 5) is 4.48. The lowest BCUT2D eigenvalue weighted by Gasteiger charge is -2.13. The second-order valence-corrected chi connectivity index (χ2v) is 5.02. The second-order valence-electron chi connectivity index (χ2n) is 5.02. The molecule has 1 aromatic carbocycles. The highest BCUT2D eigenvalue weighted by atomic mass is 16.5. The van der Waals surface area contributed by atoms with Gasteiger partial charge in [0.05, 0.1) is 19.8 Å². The third-order valence-corrected chi connectivity index (χ3v) is 3.24. The van der Waals surface area contributed by atoms with Crippen molar-refractivity contribution in [2.24, 2.45) is 4.99 Å². The number of benzene rings is 1. The summed E-state index contributed by atoms with van der Waals surface area (Å²) in [6, 6.07) is 7.56. The lowest BCUT2D eigenvalue weighted by molar-refractivity contribution is 0.297. The molecular formula is C16H20N4O3. The number of nitrogens with zero attached hydrogens (tertiary/aromatic N) is 2. The van der Waals surface area contributed by atoms with Gasteiger partial charge in [0.25, 0.3) is 0 Å². The Balaban J connectivity index is 1.72. The summed E-state index contributed by atoms with van der Waals surface area (Å²) in [5.74, 6) is 2.20. The number of ether oxygens (including phenoxy) is 2. The number of nitrogens with one attached hydrogen (secondary N) is 2. The van der Waals surface area contributed by atoms with Crippen LogP contribution in [0.1, 0.15) is 19.0 Å². The Labute approximate surface area is 134 Å². The van der Waals surface area contributed by atoms with Crippen molar-refractivity contribution in [3.8, 4) is 11.5 Å². The Morgan fingerprint density at radius 2 is 2.09 bits per heavy atom. The highest BCUT2D eigenvalue weighted by Gasteiger charge is 2.11. The van der Waals surface area contributed by atoms with Crippen LogP contribution >= 0.6 is 0 Å². The van der Waals surface area contributed by atoms with E-state index in [1.807, 2.05) is 25.1 Å². The van der Waals surface area contributed by atoms with Crippen molar-refractivity contribution >= 4 is 11.6 Å². The van der Waals surface area contributed by atoms with Crippen LogP contribution in [0.3, 0.4) is 0 Å². The van der Waals surface area contributed by atoms with Crippen LogP contribution in [0, 0.1) is 0 Å². The van der Waals surface area contributed by atoms with Crippen molar-refractivity contribution < 1.29 is 14.0 Å². The maximum atomic E-state index is 5.70. The minimum Gasteiger partial charge on any atom is -0.490 e. The van der Waals surface area contributed by atoms with Crippen LogP contribution in [-0.2, 0) is 6.54 Å². The molecule has 1 aliphatic rings. The molecule has 23 heavy (non-hydrogen) atoms. The number of hydrogen-bond acceptors (Lipinski definition) is 5. The van der Waals surface area contributed by atoms with E-state index in [1.165, 1.54) is 6.26 Å². The van der Waals surface area contributed by atoms with Crippen molar-refractivity contribution in [1.29, 1.82) is 0 Å². The smallest absolute Gasteiger partial charge is 0.196 e. The van der Waals surface area contributed by atoms with Crippen molar-refractivity contribution in [2.75, 3.05) is 25.1 Å². The molecule has 2 heterocycles. The Hall–Kier alpha value is -2.70. The minimum atomic E-state index is 0.441. The zero-order valence-corrected chi connectivity index (χ0v) is 13.0. The number of guanidine groups is 1. The first kappa shape index (κ1) is 15.2. The monoisotopic (exact) mass is 316 g/mol. The molecule has 2 aromatic rings. The van der Waals surface area contributed by atoms with Crippen molar-refractivity contribution in [2.45, 2.75) is 19.9 Å². The molecule has 0 saturated heterocycles. The summed E-state index contributed by atoms with van der Waals surface area (Å²) in [7, 11) is 0. The molecule has 0 bridgehead atoms. The molecule has 0 spiro atoms. The van der Waals surface area contributed by atoms with Crippen molar-refractivity contribution in [3.05, 3.63) is 36.2 Å². The number of aromatic nitrogens is 1. The summed E-state index contributed by atoms with van der Waals surface area (Å²) in [5, 5.41) is 10.3. The topological polar surface area (TPSA) is 80.9 Å². The predicted molar refractivity (Wildman–Crippen MR) is 87.0 cm³/mol. The van der Waals surface area contributed by atoms with E-state index >= 15 is 0 Å². The third kappa shape index (κ3) is 4.15. The molecule has 122 valence electrons. The van der Waals surface area contributed by atoms with Gasteiger partial charge >= 0.3 is 0 Å². The van der Waals surface area contributed by atoms with Gasteiger partial charge in [-0.05, 0) is 19.1 Å². The van der Waals surface area contributed by atoms with Gasteiger partial charge in [0.1, 0.15) is 12.0 Å². The van der Waals surface area contributed by atoms with E-state index in [9.17, 15) is 0 Å². The molecular weight excluding hydrogens is 296 g/mol. The summed E-state index contributed by atoms with van der Waals surface area (Å²) in [5.41, 5.74) is 1.66. The molecule has 0 unspecified atom stereocenters. The fourth-order valence-corrected chi connectivity index (χ4v) is 2.16. The minimum absolute atomic E-state index is 0.441. The highest BCUT2D eigenvalue weighted by molar-refractivity contribution is 5.93. The lowest BCUT2D eigenvalue weighted by atomic mass is 10.3. The van der Waals surface area contributed by atoms with Crippen LogP contribution < -0.4 is 20.1 Å². The normalized spacial score (nSPS) is 14.2. The first-order valence-electron chi connectivity index (χ1n) is 7.69. The number of rotatable bonds is 4. The molecule has 7 heteroatoms. The van der Waals surface area contributed by atoms with E-state index in [0.29, 0.717) is 25.7 Å². The van der Waals surface area contributed by atoms with Gasteiger partial charge in [-0.15, -0.1) is 0 Å². The molecule has 0 atom stereocenters. The Morgan fingerprint density at radius 1 is 1.22 bits per heavy atom. The van der Waals surface area contributed by atoms with Crippen LogP contribution in [0.25, 0.3) is 0 Å². The van der Waals surface area contributed by atoms with Gasteiger partial charge < -0.3 is 24.6 Å². The third-order valence-electron chi connectivity index (χ3n) is 3.24. The number of anilines is 1. The van der Waals surface area contributed by atoms with Crippen molar-refractivity contribution in [1.82, 2.24) is 10.5 Å². The molecule has 1 aliphatic heterocycles. The van der Waals surface area contributed by atoms with Gasteiger partial charge in [-0.1, -0.05) is 5.16 Å². The van der Waals surface area contributed by atoms with Gasteiger partial charge in [-0.2, -0.15) is 0 Å². The Morgan fingerprint density at radius 3 is 2.87 bits per heavy atom. The van der Waals surface area contributed by atoms with E-state index in [2.05, 4.69) is 20.8 Å². The summed E-state index contributed by atoms with van der Waals surface area (Å²) >= 11 is 0. The maximum Gasteiger partial charge on any atom is 0.196 e. The molecule has 7 nitrogen and oxygen atoms in total. The Kier molecular flexibility index (Phi) is 4.98. The highest BCUT2D eigenvalue weighted by Crippen LogP contribution is 2.32. The van der Waals surface area contributed by atoms with E-state index in [4.69, 9.17) is 14.0 Å². The SMILES string of the molecule is CCNC(=NCc1ccon1)Nc1ccc2c(c1)OCCCO2. The van der Waals surface area contributed by atoms with Crippen LogP contribution in [0.2, 0.25) is 0 Å². The average molecular weight is 316 g/mol. The molecule has 0 saturated carbocycles. The van der Waals surface area contributed by atoms with Crippen molar-refractivity contribution in [3.63, 3.8) is 0 Å². The zero-order valence-electron chi connectivity index (χ0n) is 13.0. The van der Waals surface area contributed by atoms with E-state index < -0.39 is 0 Å². The molecule has 2 N–H and O–H groups in total. The summed E-state index contributed by atoms with van der Waals surface area (Å²) in [6.45, 7) is 4.56. The lowest BCUT2D eigenvalue weighted by Crippen LogP contribution is -2.30. The summed E-state index contributed by atoms with van der Waals surface area (Å²) in [6.07, 6.45) is 2.42.